The summed E-state index contributed by atoms with van der Waals surface area (Å²) in [5.41, 5.74) is 2.66. The molecule has 0 saturated carbocycles. The molecule has 7 nitrogen and oxygen atoms in total. The Labute approximate surface area is 164 Å². The van der Waals surface area contributed by atoms with Gasteiger partial charge < -0.3 is 4.74 Å². The number of hydrogen-bond acceptors (Lipinski definition) is 5. The molecule has 3 heterocycles. The number of hydrogen-bond donors (Lipinski definition) is 0. The molecule has 148 valence electrons. The second-order valence-corrected chi connectivity index (χ2v) is 8.29. The maximum Gasteiger partial charge on any atom is 0.359 e. The molecule has 3 aromatic rings. The quantitative estimate of drug-likeness (QED) is 0.646. The maximum absolute atomic E-state index is 12.5. The molecule has 0 aliphatic heterocycles. The number of carbonyl (C=O) groups is 1. The van der Waals surface area contributed by atoms with Gasteiger partial charge >= 0.3 is 5.97 Å². The second-order valence-electron chi connectivity index (χ2n) is 8.29. The van der Waals surface area contributed by atoms with Crippen LogP contribution in [0.25, 0.3) is 5.65 Å². The zero-order chi connectivity index (χ0) is 20.6. The van der Waals surface area contributed by atoms with E-state index >= 15 is 0 Å². The first-order valence-electron chi connectivity index (χ1n) is 9.33. The average molecular weight is 382 g/mol. The van der Waals surface area contributed by atoms with Crippen molar-refractivity contribution in [2.75, 3.05) is 0 Å². The van der Waals surface area contributed by atoms with Gasteiger partial charge in [-0.3, -0.25) is 13.9 Å². The molecule has 0 fully saturated rings. The van der Waals surface area contributed by atoms with Crippen molar-refractivity contribution >= 4 is 11.6 Å². The molecule has 0 amide bonds. The van der Waals surface area contributed by atoms with Crippen LogP contribution in [0.2, 0.25) is 0 Å². The van der Waals surface area contributed by atoms with E-state index in [1.54, 1.807) is 18.3 Å². The van der Waals surface area contributed by atoms with Gasteiger partial charge in [-0.05, 0) is 51.3 Å². The van der Waals surface area contributed by atoms with E-state index in [9.17, 15) is 9.59 Å². The summed E-state index contributed by atoms with van der Waals surface area (Å²) >= 11 is 0. The molecule has 0 saturated heterocycles. The Hall–Kier alpha value is -2.96. The molecule has 0 unspecified atom stereocenters. The Balaban J connectivity index is 1.82. The van der Waals surface area contributed by atoms with Gasteiger partial charge in [-0.1, -0.05) is 19.9 Å². The van der Waals surface area contributed by atoms with Crippen molar-refractivity contribution in [3.63, 3.8) is 0 Å². The highest BCUT2D eigenvalue weighted by Crippen LogP contribution is 2.24. The number of aromatic nitrogens is 4. The van der Waals surface area contributed by atoms with Gasteiger partial charge in [0.2, 0.25) is 0 Å². The SMILES string of the molecule is Cc1ccc2nc(COC(=O)c3cc(C(C)C)n(C(C)(C)C)n3)cc(=O)n2c1. The van der Waals surface area contributed by atoms with Crippen LogP contribution in [0.1, 0.15) is 68.0 Å². The van der Waals surface area contributed by atoms with Crippen molar-refractivity contribution in [1.29, 1.82) is 0 Å². The molecule has 0 aromatic carbocycles. The van der Waals surface area contributed by atoms with Crippen LogP contribution in [0.5, 0.6) is 0 Å². The van der Waals surface area contributed by atoms with Crippen LogP contribution in [0, 0.1) is 6.92 Å². The Kier molecular flexibility index (Phi) is 5.10. The number of esters is 1. The third-order valence-electron chi connectivity index (χ3n) is 4.38. The van der Waals surface area contributed by atoms with E-state index in [1.165, 1.54) is 10.5 Å². The number of pyridine rings is 1. The number of aryl methyl sites for hydroxylation is 1. The highest BCUT2D eigenvalue weighted by atomic mass is 16.5. The van der Waals surface area contributed by atoms with Gasteiger partial charge in [0.05, 0.1) is 11.2 Å². The fraction of sp³-hybridized carbons (Fsp3) is 0.429. The predicted molar refractivity (Wildman–Crippen MR) is 107 cm³/mol. The molecule has 0 radical (unpaired) electrons. The van der Waals surface area contributed by atoms with Crippen LogP contribution in [0.15, 0.2) is 35.3 Å². The molecule has 0 aliphatic rings. The van der Waals surface area contributed by atoms with Gasteiger partial charge in [-0.2, -0.15) is 5.10 Å². The summed E-state index contributed by atoms with van der Waals surface area (Å²) in [6.45, 7) is 12.0. The lowest BCUT2D eigenvalue weighted by Crippen LogP contribution is -2.26. The van der Waals surface area contributed by atoms with Gasteiger partial charge in [0.1, 0.15) is 12.3 Å². The fourth-order valence-corrected chi connectivity index (χ4v) is 2.99. The van der Waals surface area contributed by atoms with Gasteiger partial charge in [0, 0.05) is 18.0 Å². The molecular weight excluding hydrogens is 356 g/mol. The second kappa shape index (κ2) is 7.22. The summed E-state index contributed by atoms with van der Waals surface area (Å²) in [7, 11) is 0. The fourth-order valence-electron chi connectivity index (χ4n) is 2.99. The van der Waals surface area contributed by atoms with E-state index in [4.69, 9.17) is 4.74 Å². The monoisotopic (exact) mass is 382 g/mol. The standard InChI is InChI=1S/C21H26N4O3/c1-13(2)17-10-16(23-25(17)21(4,5)6)20(27)28-12-15-9-19(26)24-11-14(3)7-8-18(24)22-15/h7-11,13H,12H2,1-6H3. The van der Waals surface area contributed by atoms with Crippen LogP contribution in [0.3, 0.4) is 0 Å². The average Bonchev–Trinajstić information content (AvgIpc) is 3.06. The molecule has 3 rings (SSSR count). The van der Waals surface area contributed by atoms with Crippen molar-refractivity contribution in [2.24, 2.45) is 0 Å². The molecule has 0 bridgehead atoms. The van der Waals surface area contributed by atoms with Crippen molar-refractivity contribution in [2.45, 2.75) is 59.6 Å². The van der Waals surface area contributed by atoms with Crippen LogP contribution in [0.4, 0.5) is 0 Å². The summed E-state index contributed by atoms with van der Waals surface area (Å²) in [6, 6.07) is 6.79. The van der Waals surface area contributed by atoms with E-state index in [1.807, 2.05) is 38.4 Å². The van der Waals surface area contributed by atoms with E-state index in [0.29, 0.717) is 11.3 Å². The molecule has 3 aromatic heterocycles. The molecule has 0 N–H and O–H groups in total. The first-order chi connectivity index (χ1) is 13.1. The lowest BCUT2D eigenvalue weighted by atomic mass is 10.1. The van der Waals surface area contributed by atoms with E-state index in [0.717, 1.165) is 11.3 Å². The lowest BCUT2D eigenvalue weighted by molar-refractivity contribution is 0.0459. The zero-order valence-corrected chi connectivity index (χ0v) is 17.2. The van der Waals surface area contributed by atoms with Gasteiger partial charge in [-0.15, -0.1) is 0 Å². The number of fused-ring (bicyclic) bond motifs is 1. The summed E-state index contributed by atoms with van der Waals surface area (Å²) in [5, 5.41) is 4.45. The Morgan fingerprint density at radius 3 is 2.54 bits per heavy atom. The molecule has 0 spiro atoms. The lowest BCUT2D eigenvalue weighted by Gasteiger charge is -2.23. The van der Waals surface area contributed by atoms with Crippen LogP contribution in [-0.2, 0) is 16.9 Å². The number of carbonyl (C=O) groups excluding carboxylic acids is 1. The minimum absolute atomic E-state index is 0.0855. The summed E-state index contributed by atoms with van der Waals surface area (Å²) in [5.74, 6) is -0.310. The van der Waals surface area contributed by atoms with Gasteiger partial charge in [0.15, 0.2) is 5.69 Å². The largest absolute Gasteiger partial charge is 0.454 e. The zero-order valence-electron chi connectivity index (χ0n) is 17.2. The number of nitrogens with zero attached hydrogens (tertiary/aromatic N) is 4. The molecule has 28 heavy (non-hydrogen) atoms. The van der Waals surface area contributed by atoms with E-state index in [-0.39, 0.29) is 29.3 Å². The molecule has 0 atom stereocenters. The van der Waals surface area contributed by atoms with Crippen molar-refractivity contribution < 1.29 is 9.53 Å². The smallest absolute Gasteiger partial charge is 0.359 e. The highest BCUT2D eigenvalue weighted by Gasteiger charge is 2.24. The number of rotatable bonds is 4. The molecular formula is C21H26N4O3. The summed E-state index contributed by atoms with van der Waals surface area (Å²) < 4.78 is 8.71. The Bertz CT molecular complexity index is 1090. The van der Waals surface area contributed by atoms with Crippen molar-refractivity contribution in [3.8, 4) is 0 Å². The van der Waals surface area contributed by atoms with Gasteiger partial charge in [0.25, 0.3) is 5.56 Å². The third-order valence-corrected chi connectivity index (χ3v) is 4.38. The Morgan fingerprint density at radius 2 is 1.93 bits per heavy atom. The van der Waals surface area contributed by atoms with Crippen molar-refractivity contribution in [3.05, 3.63) is 63.5 Å². The number of ether oxygens (including phenoxy) is 1. The Morgan fingerprint density at radius 1 is 1.21 bits per heavy atom. The minimum atomic E-state index is -0.532. The van der Waals surface area contributed by atoms with Crippen molar-refractivity contribution in [1.82, 2.24) is 19.2 Å². The van der Waals surface area contributed by atoms with Crippen LogP contribution < -0.4 is 5.56 Å². The van der Waals surface area contributed by atoms with Gasteiger partial charge in [-0.25, -0.2) is 9.78 Å². The predicted octanol–water partition coefficient (Wildman–Crippen LogP) is 3.43. The molecule has 0 aliphatic carbocycles. The minimum Gasteiger partial charge on any atom is -0.454 e. The highest BCUT2D eigenvalue weighted by molar-refractivity contribution is 5.87. The first-order valence-corrected chi connectivity index (χ1v) is 9.33. The first kappa shape index (κ1) is 19.8. The van der Waals surface area contributed by atoms with E-state index in [2.05, 4.69) is 23.9 Å². The summed E-state index contributed by atoms with van der Waals surface area (Å²) in [6.07, 6.45) is 1.73. The van der Waals surface area contributed by atoms with E-state index < -0.39 is 5.97 Å². The summed E-state index contributed by atoms with van der Waals surface area (Å²) in [4.78, 5) is 29.2. The topological polar surface area (TPSA) is 78.5 Å². The normalized spacial score (nSPS) is 12.0. The van der Waals surface area contributed by atoms with Crippen LogP contribution in [-0.4, -0.2) is 25.1 Å². The third kappa shape index (κ3) is 3.98. The maximum atomic E-state index is 12.5. The van der Waals surface area contributed by atoms with Crippen LogP contribution >= 0.6 is 0 Å². The molecule has 7 heteroatoms.